The Hall–Kier alpha value is -2.64. The van der Waals surface area contributed by atoms with Gasteiger partial charge in [-0.15, -0.1) is 0 Å². The van der Waals surface area contributed by atoms with Crippen molar-refractivity contribution in [2.75, 3.05) is 6.26 Å². The van der Waals surface area contributed by atoms with E-state index < -0.39 is 17.0 Å². The Labute approximate surface area is 171 Å². The lowest BCUT2D eigenvalue weighted by molar-refractivity contribution is -0.122. The van der Waals surface area contributed by atoms with Crippen LogP contribution in [0.1, 0.15) is 37.7 Å². The zero-order valence-electron chi connectivity index (χ0n) is 16.1. The zero-order valence-corrected chi connectivity index (χ0v) is 16.9. The van der Waals surface area contributed by atoms with Gasteiger partial charge in [-0.3, -0.25) is 9.59 Å². The number of ether oxygens (including phenoxy) is 1. The third-order valence-corrected chi connectivity index (χ3v) is 5.75. The molecule has 5 nitrogen and oxygen atoms in total. The molecule has 152 valence electrons. The molecule has 3 rings (SSSR count). The van der Waals surface area contributed by atoms with Crippen molar-refractivity contribution < 1.29 is 28.4 Å². The maximum absolute atomic E-state index is 14.2. The summed E-state index contributed by atoms with van der Waals surface area (Å²) in [6, 6.07) is 11.0. The van der Waals surface area contributed by atoms with Gasteiger partial charge in [0.05, 0.1) is 5.57 Å². The molecule has 0 saturated heterocycles. The number of carbonyl (C=O) groups is 2. The Kier molecular flexibility index (Phi) is 6.39. The lowest BCUT2D eigenvalue weighted by atomic mass is 9.81. The Morgan fingerprint density at radius 1 is 1.28 bits per heavy atom. The predicted octanol–water partition coefficient (Wildman–Crippen LogP) is 4.59. The fourth-order valence-corrected chi connectivity index (χ4v) is 3.85. The minimum atomic E-state index is -1.29. The molecule has 0 aromatic heterocycles. The number of hydrogen-bond acceptors (Lipinski definition) is 5. The number of rotatable bonds is 6. The molecule has 0 bridgehead atoms. The summed E-state index contributed by atoms with van der Waals surface area (Å²) in [6.45, 7) is 1.65. The number of allylic oxidation sites excluding steroid dienone is 2. The number of benzene rings is 2. The summed E-state index contributed by atoms with van der Waals surface area (Å²) in [6.07, 6.45) is 1.92. The van der Waals surface area contributed by atoms with E-state index in [4.69, 9.17) is 4.74 Å². The molecule has 0 radical (unpaired) electrons. The molecule has 2 aromatic carbocycles. The van der Waals surface area contributed by atoms with Gasteiger partial charge in [0.2, 0.25) is 0 Å². The Balaban J connectivity index is 1.81. The van der Waals surface area contributed by atoms with E-state index in [1.54, 1.807) is 31.2 Å². The molecule has 0 amide bonds. The third-order valence-electron chi connectivity index (χ3n) is 4.83. The number of aliphatic hydroxyl groups excluding tert-OH is 1. The molecular formula is C22H21FO5S. The van der Waals surface area contributed by atoms with E-state index in [0.717, 1.165) is 5.56 Å². The molecule has 1 aliphatic carbocycles. The maximum atomic E-state index is 14.2. The van der Waals surface area contributed by atoms with Crippen molar-refractivity contribution in [3.8, 4) is 11.5 Å². The number of hydrogen-bond donors (Lipinski definition) is 1. The number of carbonyl (C=O) groups excluding carboxylic acids is 2. The molecule has 2 unspecified atom stereocenters. The molecule has 1 aliphatic rings. The van der Waals surface area contributed by atoms with E-state index in [-0.39, 0.29) is 53.8 Å². The van der Waals surface area contributed by atoms with Gasteiger partial charge in [0, 0.05) is 25.3 Å². The Morgan fingerprint density at radius 3 is 2.66 bits per heavy atom. The first-order valence-corrected chi connectivity index (χ1v) is 10.7. The highest BCUT2D eigenvalue weighted by Gasteiger charge is 2.31. The molecular weight excluding hydrogens is 395 g/mol. The van der Waals surface area contributed by atoms with Gasteiger partial charge in [0.15, 0.2) is 28.0 Å². The molecule has 0 aliphatic heterocycles. The first kappa shape index (κ1) is 21.1. The van der Waals surface area contributed by atoms with Gasteiger partial charge < -0.3 is 14.4 Å². The second-order valence-corrected chi connectivity index (χ2v) is 8.23. The third kappa shape index (κ3) is 4.68. The van der Waals surface area contributed by atoms with Crippen LogP contribution in [0.4, 0.5) is 4.39 Å². The van der Waals surface area contributed by atoms with Crippen molar-refractivity contribution in [3.63, 3.8) is 0 Å². The normalized spacial score (nSPS) is 17.9. The smallest absolute Gasteiger partial charge is 0.170 e. The second-order valence-electron chi connectivity index (χ2n) is 6.85. The summed E-state index contributed by atoms with van der Waals surface area (Å²) < 4.78 is 31.3. The summed E-state index contributed by atoms with van der Waals surface area (Å²) in [5.74, 6) is -1.46. The zero-order chi connectivity index (χ0) is 21.1. The second kappa shape index (κ2) is 8.80. The Bertz CT molecular complexity index is 983. The number of halogens is 1. The predicted molar refractivity (Wildman–Crippen MR) is 107 cm³/mol. The fraction of sp³-hybridized carbons (Fsp3) is 0.273. The van der Waals surface area contributed by atoms with Crippen LogP contribution in [-0.4, -0.2) is 27.5 Å². The minimum absolute atomic E-state index is 0.00496. The van der Waals surface area contributed by atoms with Crippen molar-refractivity contribution in [2.24, 2.45) is 0 Å². The molecule has 0 saturated carbocycles. The molecule has 7 heteroatoms. The maximum Gasteiger partial charge on any atom is 0.170 e. The molecule has 29 heavy (non-hydrogen) atoms. The van der Waals surface area contributed by atoms with Gasteiger partial charge in [-0.25, -0.2) is 4.39 Å². The van der Waals surface area contributed by atoms with E-state index >= 15 is 0 Å². The topological polar surface area (TPSA) is 86.7 Å². The number of ketones is 2. The van der Waals surface area contributed by atoms with E-state index in [1.807, 2.05) is 0 Å². The lowest BCUT2D eigenvalue weighted by Gasteiger charge is -2.23. The van der Waals surface area contributed by atoms with E-state index in [1.165, 1.54) is 24.5 Å². The van der Waals surface area contributed by atoms with Gasteiger partial charge in [0.1, 0.15) is 17.8 Å². The van der Waals surface area contributed by atoms with Crippen LogP contribution in [0.15, 0.2) is 58.7 Å². The van der Waals surface area contributed by atoms with E-state index in [2.05, 4.69) is 0 Å². The molecule has 0 fully saturated rings. The van der Waals surface area contributed by atoms with Crippen LogP contribution in [0.5, 0.6) is 11.5 Å². The van der Waals surface area contributed by atoms with Crippen LogP contribution in [0.2, 0.25) is 0 Å². The highest BCUT2D eigenvalue weighted by molar-refractivity contribution is 7.90. The highest BCUT2D eigenvalue weighted by Crippen LogP contribution is 2.36. The first-order valence-electron chi connectivity index (χ1n) is 9.19. The van der Waals surface area contributed by atoms with Crippen LogP contribution in [0.25, 0.3) is 0 Å². The summed E-state index contributed by atoms with van der Waals surface area (Å²) >= 11 is -1.29. The molecule has 1 N–H and O–H groups in total. The van der Waals surface area contributed by atoms with Gasteiger partial charge in [0.25, 0.3) is 0 Å². The fourth-order valence-electron chi connectivity index (χ4n) is 3.33. The van der Waals surface area contributed by atoms with Gasteiger partial charge in [-0.2, -0.15) is 0 Å². The van der Waals surface area contributed by atoms with Gasteiger partial charge in [-0.05, 0) is 46.9 Å². The number of Topliss-reactive ketones (excluding diaryl/α,β-unsaturated/α-hetero) is 2. The summed E-state index contributed by atoms with van der Waals surface area (Å²) in [5.41, 5.74) is 0.656. The van der Waals surface area contributed by atoms with Crippen LogP contribution >= 0.6 is 0 Å². The van der Waals surface area contributed by atoms with E-state index in [0.29, 0.717) is 10.6 Å². The van der Waals surface area contributed by atoms with Crippen molar-refractivity contribution in [2.45, 2.75) is 37.0 Å². The van der Waals surface area contributed by atoms with Crippen LogP contribution in [-0.2, 0) is 20.8 Å². The quantitative estimate of drug-likeness (QED) is 0.550. The average molecular weight is 416 g/mol. The summed E-state index contributed by atoms with van der Waals surface area (Å²) in [7, 11) is 0. The lowest BCUT2D eigenvalue weighted by Crippen LogP contribution is -2.23. The standard InChI is InChI=1S/C22H21FO5S/c1-3-18(24)22-19(25)10-14(11-20(22)26)13-5-4-6-15(9-13)28-21-8-7-16(29(2)27)12-17(21)23/h4-9,12,14,25H,3,10-11H2,1-2H3. The van der Waals surface area contributed by atoms with Crippen LogP contribution in [0, 0.1) is 5.82 Å². The van der Waals surface area contributed by atoms with Crippen LogP contribution in [0.3, 0.4) is 0 Å². The summed E-state index contributed by atoms with van der Waals surface area (Å²) in [5, 5.41) is 10.2. The molecule has 0 heterocycles. The SMILES string of the molecule is CCC(=O)C1=C(O)CC(c2cccc(Oc3ccc([S+](C)[O-])cc3F)c2)CC1=O. The van der Waals surface area contributed by atoms with Crippen molar-refractivity contribution in [1.29, 1.82) is 0 Å². The van der Waals surface area contributed by atoms with Crippen molar-refractivity contribution >= 4 is 22.7 Å². The van der Waals surface area contributed by atoms with Crippen LogP contribution < -0.4 is 4.74 Å². The Morgan fingerprint density at radius 2 is 2.03 bits per heavy atom. The average Bonchev–Trinajstić information content (AvgIpc) is 2.68. The van der Waals surface area contributed by atoms with E-state index in [9.17, 15) is 23.6 Å². The molecule has 2 aromatic rings. The summed E-state index contributed by atoms with van der Waals surface area (Å²) in [4.78, 5) is 24.6. The monoisotopic (exact) mass is 416 g/mol. The molecule has 2 atom stereocenters. The van der Waals surface area contributed by atoms with Crippen molar-refractivity contribution in [1.82, 2.24) is 0 Å². The largest absolute Gasteiger partial charge is 0.612 e. The number of aliphatic hydroxyl groups is 1. The van der Waals surface area contributed by atoms with Crippen molar-refractivity contribution in [3.05, 3.63) is 65.2 Å². The van der Waals surface area contributed by atoms with Gasteiger partial charge in [-0.1, -0.05) is 19.1 Å². The highest BCUT2D eigenvalue weighted by atomic mass is 32.2. The van der Waals surface area contributed by atoms with Gasteiger partial charge >= 0.3 is 0 Å². The molecule has 0 spiro atoms. The minimum Gasteiger partial charge on any atom is -0.612 e. The first-order chi connectivity index (χ1) is 13.8.